The van der Waals surface area contributed by atoms with E-state index in [4.69, 9.17) is 11.6 Å². The molecule has 1 N–H and O–H groups in total. The van der Waals surface area contributed by atoms with Crippen molar-refractivity contribution < 1.29 is 0 Å². The molecule has 0 amide bonds. The summed E-state index contributed by atoms with van der Waals surface area (Å²) >= 11 is 12.5. The van der Waals surface area contributed by atoms with Crippen LogP contribution in [0, 0.1) is 0 Å². The van der Waals surface area contributed by atoms with Gasteiger partial charge in [0.05, 0.1) is 9.21 Å². The van der Waals surface area contributed by atoms with Gasteiger partial charge in [-0.1, -0.05) is 39.3 Å². The van der Waals surface area contributed by atoms with Gasteiger partial charge < -0.3 is 0 Å². The number of nitrogens with zero attached hydrogens (tertiary/aromatic N) is 1. The minimum absolute atomic E-state index is 0.343. The first kappa shape index (κ1) is 9.83. The van der Waals surface area contributed by atoms with Crippen molar-refractivity contribution in [2.24, 2.45) is 5.10 Å². The van der Waals surface area contributed by atoms with E-state index in [1.54, 1.807) is 23.1 Å². The van der Waals surface area contributed by atoms with Crippen LogP contribution >= 0.6 is 50.6 Å². The molecule has 1 aromatic rings. The van der Waals surface area contributed by atoms with Crippen LogP contribution in [-0.4, -0.2) is 15.7 Å². The monoisotopic (exact) mass is 296 g/mol. The Morgan fingerprint density at radius 1 is 1.62 bits per heavy atom. The number of hydrogen-bond donors (Lipinski definition) is 1. The summed E-state index contributed by atoms with van der Waals surface area (Å²) in [6, 6.07) is 3.89. The highest BCUT2D eigenvalue weighted by Crippen LogP contribution is 2.29. The summed E-state index contributed by atoms with van der Waals surface area (Å²) in [5.41, 5.74) is 3.03. The minimum Gasteiger partial charge on any atom is -0.295 e. The van der Waals surface area contributed by atoms with Gasteiger partial charge in [0, 0.05) is 5.33 Å². The molecule has 70 valence electrons. The molecular weight excluding hydrogens is 292 g/mol. The van der Waals surface area contributed by atoms with E-state index in [-0.39, 0.29) is 0 Å². The largest absolute Gasteiger partial charge is 0.295 e. The fraction of sp³-hybridized carbons (Fsp3) is 0.286. The fourth-order valence-electron chi connectivity index (χ4n) is 0.926. The summed E-state index contributed by atoms with van der Waals surface area (Å²) < 4.78 is 0.806. The maximum absolute atomic E-state index is 5.83. The zero-order valence-corrected chi connectivity index (χ0v) is 10.4. The SMILES string of the molecule is Clc1ccc(C2=NNC(CBr)S2)s1. The van der Waals surface area contributed by atoms with Crippen LogP contribution in [0.4, 0.5) is 0 Å². The van der Waals surface area contributed by atoms with Crippen molar-refractivity contribution in [2.45, 2.75) is 5.37 Å². The molecule has 0 bridgehead atoms. The average Bonchev–Trinajstić information content (AvgIpc) is 2.71. The Morgan fingerprint density at radius 2 is 2.46 bits per heavy atom. The van der Waals surface area contributed by atoms with Crippen LogP contribution in [0.25, 0.3) is 0 Å². The summed E-state index contributed by atoms with van der Waals surface area (Å²) in [5.74, 6) is 0. The number of hydrogen-bond acceptors (Lipinski definition) is 4. The van der Waals surface area contributed by atoms with Crippen LogP contribution < -0.4 is 5.43 Å². The van der Waals surface area contributed by atoms with Gasteiger partial charge in [-0.2, -0.15) is 5.10 Å². The van der Waals surface area contributed by atoms with Gasteiger partial charge >= 0.3 is 0 Å². The molecule has 0 aromatic carbocycles. The number of thiophene rings is 1. The van der Waals surface area contributed by atoms with Crippen LogP contribution in [0.5, 0.6) is 0 Å². The molecule has 0 radical (unpaired) electrons. The highest BCUT2D eigenvalue weighted by atomic mass is 79.9. The van der Waals surface area contributed by atoms with Gasteiger partial charge in [0.15, 0.2) is 0 Å². The Kier molecular flexibility index (Phi) is 3.18. The van der Waals surface area contributed by atoms with Crippen LogP contribution in [0.15, 0.2) is 17.2 Å². The first-order valence-electron chi connectivity index (χ1n) is 3.61. The Hall–Kier alpha value is 0.290. The van der Waals surface area contributed by atoms with E-state index in [2.05, 4.69) is 26.5 Å². The minimum atomic E-state index is 0.343. The normalized spacial score (nSPS) is 21.4. The van der Waals surface area contributed by atoms with Crippen molar-refractivity contribution in [1.82, 2.24) is 5.43 Å². The lowest BCUT2D eigenvalue weighted by Gasteiger charge is -2.01. The maximum atomic E-state index is 5.83. The van der Waals surface area contributed by atoms with E-state index in [1.807, 2.05) is 12.1 Å². The first-order valence-corrected chi connectivity index (χ1v) is 6.80. The highest BCUT2D eigenvalue weighted by Gasteiger charge is 2.20. The first-order chi connectivity index (χ1) is 6.29. The number of hydrazone groups is 1. The van der Waals surface area contributed by atoms with Crippen LogP contribution in [0.2, 0.25) is 4.34 Å². The van der Waals surface area contributed by atoms with E-state index < -0.39 is 0 Å². The molecule has 0 saturated heterocycles. The number of rotatable bonds is 2. The van der Waals surface area contributed by atoms with Gasteiger partial charge in [0.25, 0.3) is 0 Å². The van der Waals surface area contributed by atoms with Gasteiger partial charge in [0.1, 0.15) is 10.4 Å². The topological polar surface area (TPSA) is 24.4 Å². The lowest BCUT2D eigenvalue weighted by Crippen LogP contribution is -2.16. The summed E-state index contributed by atoms with van der Waals surface area (Å²) in [6.07, 6.45) is 0. The van der Waals surface area contributed by atoms with Crippen molar-refractivity contribution in [2.75, 3.05) is 5.33 Å². The molecule has 2 nitrogen and oxygen atoms in total. The second-order valence-electron chi connectivity index (χ2n) is 2.41. The van der Waals surface area contributed by atoms with Gasteiger partial charge in [-0.15, -0.1) is 11.3 Å². The van der Waals surface area contributed by atoms with Crippen LogP contribution in [0.3, 0.4) is 0 Å². The fourth-order valence-corrected chi connectivity index (χ4v) is 3.39. The van der Waals surface area contributed by atoms with Crippen molar-refractivity contribution in [3.8, 4) is 0 Å². The van der Waals surface area contributed by atoms with E-state index in [0.29, 0.717) is 5.37 Å². The zero-order valence-electron chi connectivity index (χ0n) is 6.46. The van der Waals surface area contributed by atoms with Gasteiger partial charge in [-0.25, -0.2) is 0 Å². The lowest BCUT2D eigenvalue weighted by molar-refractivity contribution is 0.765. The molecule has 0 spiro atoms. The molecule has 1 atom stereocenters. The zero-order chi connectivity index (χ0) is 9.26. The predicted molar refractivity (Wildman–Crippen MR) is 64.2 cm³/mol. The smallest absolute Gasteiger partial charge is 0.135 e. The number of halogens is 2. The molecule has 13 heavy (non-hydrogen) atoms. The molecule has 2 rings (SSSR count). The summed E-state index contributed by atoms with van der Waals surface area (Å²) in [6.45, 7) is 0. The summed E-state index contributed by atoms with van der Waals surface area (Å²) in [5, 5.41) is 6.49. The third-order valence-electron chi connectivity index (χ3n) is 1.49. The maximum Gasteiger partial charge on any atom is 0.135 e. The number of thioether (sulfide) groups is 1. The Balaban J connectivity index is 2.12. The van der Waals surface area contributed by atoms with Gasteiger partial charge in [0.2, 0.25) is 0 Å². The van der Waals surface area contributed by atoms with E-state index in [0.717, 1.165) is 19.6 Å². The summed E-state index contributed by atoms with van der Waals surface area (Å²) in [7, 11) is 0. The van der Waals surface area contributed by atoms with E-state index >= 15 is 0 Å². The van der Waals surface area contributed by atoms with E-state index in [1.165, 1.54) is 0 Å². The lowest BCUT2D eigenvalue weighted by atomic mass is 10.5. The Bertz CT molecular complexity index is 339. The molecule has 2 heterocycles. The second-order valence-corrected chi connectivity index (χ2v) is 5.96. The number of nitrogens with one attached hydrogen (secondary N) is 1. The molecule has 1 aromatic heterocycles. The van der Waals surface area contributed by atoms with Crippen molar-refractivity contribution in [3.05, 3.63) is 21.3 Å². The predicted octanol–water partition coefficient (Wildman–Crippen LogP) is 3.12. The average molecular weight is 298 g/mol. The van der Waals surface area contributed by atoms with Crippen molar-refractivity contribution in [1.29, 1.82) is 0 Å². The van der Waals surface area contributed by atoms with E-state index in [9.17, 15) is 0 Å². The molecule has 1 aliphatic heterocycles. The molecule has 6 heteroatoms. The van der Waals surface area contributed by atoms with Gasteiger partial charge in [-0.3, -0.25) is 5.43 Å². The van der Waals surface area contributed by atoms with Crippen LogP contribution in [0.1, 0.15) is 4.88 Å². The summed E-state index contributed by atoms with van der Waals surface area (Å²) in [4.78, 5) is 1.13. The van der Waals surface area contributed by atoms with Crippen molar-refractivity contribution >= 4 is 55.7 Å². The van der Waals surface area contributed by atoms with Crippen molar-refractivity contribution in [3.63, 3.8) is 0 Å². The highest BCUT2D eigenvalue weighted by molar-refractivity contribution is 9.09. The second kappa shape index (κ2) is 4.21. The molecule has 0 fully saturated rings. The molecule has 0 saturated carbocycles. The quantitative estimate of drug-likeness (QED) is 0.848. The molecule has 1 unspecified atom stereocenters. The molecule has 1 aliphatic rings. The third kappa shape index (κ3) is 2.21. The third-order valence-corrected chi connectivity index (χ3v) is 5.02. The molecular formula is C7H6BrClN2S2. The Labute approximate surface area is 97.9 Å². The number of alkyl halides is 1. The molecule has 0 aliphatic carbocycles. The Morgan fingerprint density at radius 3 is 3.00 bits per heavy atom. The van der Waals surface area contributed by atoms with Crippen LogP contribution in [-0.2, 0) is 0 Å². The standard InChI is InChI=1S/C7H6BrClN2S2/c8-3-6-10-11-7(13-6)4-1-2-5(9)12-4/h1-2,6,10H,3H2. The van der Waals surface area contributed by atoms with Gasteiger partial charge in [-0.05, 0) is 12.1 Å².